The van der Waals surface area contributed by atoms with Crippen LogP contribution < -0.4 is 10.2 Å². The molecule has 1 aliphatic heterocycles. The maximum absolute atomic E-state index is 12.9. The van der Waals surface area contributed by atoms with Crippen LogP contribution >= 0.6 is 0 Å². The van der Waals surface area contributed by atoms with Gasteiger partial charge in [-0.15, -0.1) is 0 Å². The predicted molar refractivity (Wildman–Crippen MR) is 104 cm³/mol. The van der Waals surface area contributed by atoms with E-state index in [1.165, 1.54) is 54.0 Å². The predicted octanol–water partition coefficient (Wildman–Crippen LogP) is 0.777. The van der Waals surface area contributed by atoms with Crippen LogP contribution in [0.3, 0.4) is 0 Å². The van der Waals surface area contributed by atoms with Crippen molar-refractivity contribution in [3.63, 3.8) is 0 Å². The summed E-state index contributed by atoms with van der Waals surface area (Å²) >= 11 is 0. The van der Waals surface area contributed by atoms with Crippen LogP contribution in [-0.4, -0.2) is 64.3 Å². The molecule has 0 saturated carbocycles. The van der Waals surface area contributed by atoms with Crippen molar-refractivity contribution in [1.29, 1.82) is 0 Å². The summed E-state index contributed by atoms with van der Waals surface area (Å²) in [7, 11) is -7.34. The van der Waals surface area contributed by atoms with Gasteiger partial charge >= 0.3 is 0 Å². The Kier molecular flexibility index (Phi) is 6.43. The zero-order valence-corrected chi connectivity index (χ0v) is 17.5. The van der Waals surface area contributed by atoms with E-state index < -0.39 is 31.8 Å². The summed E-state index contributed by atoms with van der Waals surface area (Å²) in [5.74, 6) is -0.158. The lowest BCUT2D eigenvalue weighted by molar-refractivity contribution is -0.137. The van der Waals surface area contributed by atoms with Gasteiger partial charge in [0.25, 0.3) is 5.91 Å². The van der Waals surface area contributed by atoms with Crippen molar-refractivity contribution in [3.8, 4) is 11.5 Å². The first-order valence-corrected chi connectivity index (χ1v) is 12.1. The summed E-state index contributed by atoms with van der Waals surface area (Å²) in [4.78, 5) is 11.9. The van der Waals surface area contributed by atoms with Gasteiger partial charge in [0.05, 0.1) is 23.0 Å². The highest BCUT2D eigenvalue weighted by Crippen LogP contribution is 2.26. The Labute approximate surface area is 174 Å². The van der Waals surface area contributed by atoms with Crippen molar-refractivity contribution in [2.75, 3.05) is 26.0 Å². The molecule has 12 heteroatoms. The average molecular weight is 456 g/mol. The topological polar surface area (TPSA) is 139 Å². The molecule has 2 aromatic rings. The quantitative estimate of drug-likeness (QED) is 0.480. The van der Waals surface area contributed by atoms with E-state index in [0.29, 0.717) is 11.5 Å². The van der Waals surface area contributed by atoms with Gasteiger partial charge in [-0.25, -0.2) is 22.3 Å². The van der Waals surface area contributed by atoms with Gasteiger partial charge in [-0.3, -0.25) is 10.0 Å². The first kappa shape index (κ1) is 22.2. The molecule has 0 spiro atoms. The zero-order chi connectivity index (χ0) is 21.9. The van der Waals surface area contributed by atoms with Gasteiger partial charge in [-0.1, -0.05) is 0 Å². The minimum atomic E-state index is -4.02. The Morgan fingerprint density at radius 3 is 2.07 bits per heavy atom. The summed E-state index contributed by atoms with van der Waals surface area (Å²) in [5.41, 5.74) is 1.46. The highest BCUT2D eigenvalue weighted by atomic mass is 32.2. The third kappa shape index (κ3) is 4.79. The molecular weight excluding hydrogens is 436 g/mol. The lowest BCUT2D eigenvalue weighted by Gasteiger charge is -2.32. The second-order valence-electron chi connectivity index (χ2n) is 6.50. The normalized spacial score (nSPS) is 18.0. The lowest BCUT2D eigenvalue weighted by atomic mass is 10.3. The van der Waals surface area contributed by atoms with Crippen LogP contribution in [-0.2, 0) is 29.4 Å². The van der Waals surface area contributed by atoms with Crippen molar-refractivity contribution in [1.82, 2.24) is 9.79 Å². The zero-order valence-electron chi connectivity index (χ0n) is 15.9. The minimum absolute atomic E-state index is 0.0364. The Morgan fingerprint density at radius 2 is 1.57 bits per heavy atom. The standard InChI is InChI=1S/C18H20N2O8S2/c1-29(23,24)15-6-2-13(3-7-15)28-14-4-8-16(9-5-14)30(25,26)20-10-11-27-12-17(20)18(21)19-22/h2-9,17,22H,10-12H2,1H3,(H,19,21). The van der Waals surface area contributed by atoms with E-state index in [4.69, 9.17) is 14.7 Å². The van der Waals surface area contributed by atoms with E-state index in [9.17, 15) is 21.6 Å². The minimum Gasteiger partial charge on any atom is -0.457 e. The molecule has 1 heterocycles. The van der Waals surface area contributed by atoms with Gasteiger partial charge in [-0.05, 0) is 48.5 Å². The molecular formula is C18H20N2O8S2. The molecule has 1 aliphatic rings. The number of hydrogen-bond donors (Lipinski definition) is 2. The van der Waals surface area contributed by atoms with E-state index >= 15 is 0 Å². The first-order valence-electron chi connectivity index (χ1n) is 8.74. The summed E-state index contributed by atoms with van der Waals surface area (Å²) in [6, 6.07) is 10.2. The fourth-order valence-electron chi connectivity index (χ4n) is 2.86. The van der Waals surface area contributed by atoms with E-state index in [2.05, 4.69) is 0 Å². The molecule has 10 nitrogen and oxygen atoms in total. The number of ether oxygens (including phenoxy) is 2. The molecule has 0 bridgehead atoms. The first-order chi connectivity index (χ1) is 14.1. The molecule has 30 heavy (non-hydrogen) atoms. The number of nitrogens with one attached hydrogen (secondary N) is 1. The van der Waals surface area contributed by atoms with Gasteiger partial charge in [0.2, 0.25) is 10.0 Å². The van der Waals surface area contributed by atoms with Gasteiger partial charge in [0, 0.05) is 12.8 Å². The fraction of sp³-hybridized carbons (Fsp3) is 0.278. The van der Waals surface area contributed by atoms with Crippen molar-refractivity contribution < 1.29 is 36.3 Å². The number of amides is 1. The number of sulfone groups is 1. The van der Waals surface area contributed by atoms with E-state index in [-0.39, 0.29) is 29.5 Å². The van der Waals surface area contributed by atoms with Crippen molar-refractivity contribution >= 4 is 25.8 Å². The molecule has 0 aliphatic carbocycles. The van der Waals surface area contributed by atoms with Crippen LogP contribution in [0.15, 0.2) is 58.3 Å². The van der Waals surface area contributed by atoms with E-state index in [1.807, 2.05) is 0 Å². The van der Waals surface area contributed by atoms with Crippen LogP contribution in [0.25, 0.3) is 0 Å². The number of carbonyl (C=O) groups excluding carboxylic acids is 1. The molecule has 3 rings (SSSR count). The smallest absolute Gasteiger partial charge is 0.264 e. The largest absolute Gasteiger partial charge is 0.457 e. The maximum Gasteiger partial charge on any atom is 0.264 e. The molecule has 0 radical (unpaired) electrons. The second kappa shape index (κ2) is 8.70. The van der Waals surface area contributed by atoms with Gasteiger partial charge in [-0.2, -0.15) is 4.31 Å². The number of rotatable bonds is 6. The van der Waals surface area contributed by atoms with Gasteiger partial charge in [0.15, 0.2) is 9.84 Å². The summed E-state index contributed by atoms with van der Waals surface area (Å²) in [5, 5.41) is 8.85. The molecule has 1 saturated heterocycles. The number of nitrogens with zero attached hydrogens (tertiary/aromatic N) is 1. The SMILES string of the molecule is CS(=O)(=O)c1ccc(Oc2ccc(S(=O)(=O)N3CCOCC3C(=O)NO)cc2)cc1. The van der Waals surface area contributed by atoms with Crippen molar-refractivity contribution in [2.24, 2.45) is 0 Å². The van der Waals surface area contributed by atoms with E-state index in [1.54, 1.807) is 0 Å². The molecule has 2 N–H and O–H groups in total. The molecule has 1 unspecified atom stereocenters. The monoisotopic (exact) mass is 456 g/mol. The Hall–Kier alpha value is -2.51. The highest BCUT2D eigenvalue weighted by molar-refractivity contribution is 7.90. The molecule has 1 fully saturated rings. The van der Waals surface area contributed by atoms with Crippen LogP contribution in [0.5, 0.6) is 11.5 Å². The van der Waals surface area contributed by atoms with Crippen molar-refractivity contribution in [3.05, 3.63) is 48.5 Å². The number of carbonyl (C=O) groups is 1. The molecule has 162 valence electrons. The van der Waals surface area contributed by atoms with Crippen LogP contribution in [0.1, 0.15) is 0 Å². The Balaban J connectivity index is 1.78. The second-order valence-corrected chi connectivity index (χ2v) is 10.4. The number of hydroxylamine groups is 1. The maximum atomic E-state index is 12.9. The van der Waals surface area contributed by atoms with Gasteiger partial charge in [0.1, 0.15) is 17.5 Å². The van der Waals surface area contributed by atoms with E-state index in [0.717, 1.165) is 10.6 Å². The fourth-order valence-corrected chi connectivity index (χ4v) is 5.05. The third-order valence-electron chi connectivity index (χ3n) is 4.41. The summed E-state index contributed by atoms with van der Waals surface area (Å²) < 4.78 is 60.6. The third-order valence-corrected chi connectivity index (χ3v) is 7.46. The summed E-state index contributed by atoms with van der Waals surface area (Å²) in [6.07, 6.45) is 1.10. The Morgan fingerprint density at radius 1 is 1.03 bits per heavy atom. The summed E-state index contributed by atoms with van der Waals surface area (Å²) in [6.45, 7) is -0.0826. The molecule has 1 amide bonds. The molecule has 2 aromatic carbocycles. The highest BCUT2D eigenvalue weighted by Gasteiger charge is 2.38. The molecule has 1 atom stereocenters. The lowest BCUT2D eigenvalue weighted by Crippen LogP contribution is -2.55. The van der Waals surface area contributed by atoms with Gasteiger partial charge < -0.3 is 9.47 Å². The number of morpholine rings is 1. The van der Waals surface area contributed by atoms with Crippen LogP contribution in [0, 0.1) is 0 Å². The number of sulfonamides is 1. The van der Waals surface area contributed by atoms with Crippen molar-refractivity contribution in [2.45, 2.75) is 15.8 Å². The average Bonchev–Trinajstić information content (AvgIpc) is 2.73. The Bertz CT molecular complexity index is 1110. The van der Waals surface area contributed by atoms with Crippen LogP contribution in [0.4, 0.5) is 0 Å². The van der Waals surface area contributed by atoms with Crippen LogP contribution in [0.2, 0.25) is 0 Å². The number of benzene rings is 2. The number of hydrogen-bond acceptors (Lipinski definition) is 8. The molecule has 0 aromatic heterocycles.